The quantitative estimate of drug-likeness (QED) is 0.684. The van der Waals surface area contributed by atoms with Gasteiger partial charge < -0.3 is 28.7 Å². The zero-order chi connectivity index (χ0) is 23.4. The Morgan fingerprint density at radius 1 is 0.656 bits per heavy atom. The van der Waals surface area contributed by atoms with E-state index in [1.165, 1.54) is 28.4 Å². The SMILES string of the molecule is COc1cccc(OC)c1C(=O)N1CC(C)N(C(=O)c2c(OC)cccc2OC)CC1C. The number of methoxy groups -OCH3 is 4. The molecule has 0 aliphatic carbocycles. The van der Waals surface area contributed by atoms with Crippen molar-refractivity contribution in [2.45, 2.75) is 25.9 Å². The van der Waals surface area contributed by atoms with Crippen LogP contribution in [0.25, 0.3) is 0 Å². The van der Waals surface area contributed by atoms with Crippen LogP contribution in [0.1, 0.15) is 34.6 Å². The number of carbonyl (C=O) groups excluding carboxylic acids is 2. The molecule has 3 rings (SSSR count). The lowest BCUT2D eigenvalue weighted by atomic mass is 10.0. The average molecular weight is 443 g/mol. The molecule has 0 spiro atoms. The number of piperazine rings is 1. The molecule has 1 saturated heterocycles. The van der Waals surface area contributed by atoms with Crippen LogP contribution in [-0.2, 0) is 0 Å². The van der Waals surface area contributed by atoms with Gasteiger partial charge >= 0.3 is 0 Å². The molecular formula is C24H30N2O6. The van der Waals surface area contributed by atoms with Gasteiger partial charge in [0.25, 0.3) is 11.8 Å². The minimum Gasteiger partial charge on any atom is -0.496 e. The number of nitrogens with zero attached hydrogens (tertiary/aromatic N) is 2. The van der Waals surface area contributed by atoms with Gasteiger partial charge in [-0.1, -0.05) is 12.1 Å². The van der Waals surface area contributed by atoms with Gasteiger partial charge in [0, 0.05) is 25.2 Å². The lowest BCUT2D eigenvalue weighted by molar-refractivity contribution is 0.0263. The van der Waals surface area contributed by atoms with Gasteiger partial charge in [-0.3, -0.25) is 9.59 Å². The molecule has 0 radical (unpaired) electrons. The molecule has 1 heterocycles. The first-order chi connectivity index (χ1) is 15.4. The minimum absolute atomic E-state index is 0.194. The molecule has 2 aromatic carbocycles. The van der Waals surface area contributed by atoms with E-state index in [-0.39, 0.29) is 23.9 Å². The highest BCUT2D eigenvalue weighted by Gasteiger charge is 2.38. The summed E-state index contributed by atoms with van der Waals surface area (Å²) in [4.78, 5) is 30.5. The Bertz CT molecular complexity index is 868. The topological polar surface area (TPSA) is 77.5 Å². The third-order valence-corrected chi connectivity index (χ3v) is 5.79. The molecule has 172 valence electrons. The fourth-order valence-electron chi connectivity index (χ4n) is 4.10. The molecule has 0 N–H and O–H groups in total. The summed E-state index contributed by atoms with van der Waals surface area (Å²) in [5.41, 5.74) is 0.755. The van der Waals surface area contributed by atoms with Crippen LogP contribution in [0, 0.1) is 0 Å². The van der Waals surface area contributed by atoms with Gasteiger partial charge in [-0.05, 0) is 38.1 Å². The molecule has 8 heteroatoms. The molecule has 2 atom stereocenters. The molecule has 1 aliphatic rings. The van der Waals surface area contributed by atoms with Gasteiger partial charge in [0.15, 0.2) is 0 Å². The lowest BCUT2D eigenvalue weighted by Crippen LogP contribution is -2.59. The molecule has 1 fully saturated rings. The van der Waals surface area contributed by atoms with Gasteiger partial charge in [-0.15, -0.1) is 0 Å². The largest absolute Gasteiger partial charge is 0.496 e. The van der Waals surface area contributed by atoms with E-state index in [1.807, 2.05) is 13.8 Å². The lowest BCUT2D eigenvalue weighted by Gasteiger charge is -2.44. The Labute approximate surface area is 188 Å². The minimum atomic E-state index is -0.224. The van der Waals surface area contributed by atoms with Gasteiger partial charge in [0.2, 0.25) is 0 Å². The van der Waals surface area contributed by atoms with Crippen LogP contribution in [0.2, 0.25) is 0 Å². The van der Waals surface area contributed by atoms with Crippen LogP contribution in [0.3, 0.4) is 0 Å². The Kier molecular flexibility index (Phi) is 7.12. The van der Waals surface area contributed by atoms with Gasteiger partial charge in [0.1, 0.15) is 34.1 Å². The van der Waals surface area contributed by atoms with E-state index in [2.05, 4.69) is 0 Å². The Hall–Kier alpha value is -3.42. The maximum atomic E-state index is 13.5. The molecule has 0 aromatic heterocycles. The summed E-state index contributed by atoms with van der Waals surface area (Å²) in [6.07, 6.45) is 0. The summed E-state index contributed by atoms with van der Waals surface area (Å²) in [6.45, 7) is 4.58. The van der Waals surface area contributed by atoms with Gasteiger partial charge in [-0.2, -0.15) is 0 Å². The van der Waals surface area contributed by atoms with Crippen LogP contribution in [0.5, 0.6) is 23.0 Å². The van der Waals surface area contributed by atoms with Crippen molar-refractivity contribution in [1.82, 2.24) is 9.80 Å². The van der Waals surface area contributed by atoms with E-state index in [0.717, 1.165) is 0 Å². The van der Waals surface area contributed by atoms with Crippen molar-refractivity contribution in [3.63, 3.8) is 0 Å². The van der Waals surface area contributed by atoms with Crippen molar-refractivity contribution < 1.29 is 28.5 Å². The first kappa shape index (κ1) is 23.2. The molecule has 2 unspecified atom stereocenters. The Balaban J connectivity index is 1.89. The first-order valence-corrected chi connectivity index (χ1v) is 10.4. The van der Waals surface area contributed by atoms with Gasteiger partial charge in [-0.25, -0.2) is 0 Å². The summed E-state index contributed by atoms with van der Waals surface area (Å²) in [5.74, 6) is 1.41. The summed E-state index contributed by atoms with van der Waals surface area (Å²) in [5, 5.41) is 0. The molecule has 0 bridgehead atoms. The third-order valence-electron chi connectivity index (χ3n) is 5.79. The highest BCUT2D eigenvalue weighted by Crippen LogP contribution is 2.33. The Morgan fingerprint density at radius 3 is 1.19 bits per heavy atom. The van der Waals surface area contributed by atoms with E-state index in [0.29, 0.717) is 47.2 Å². The molecule has 32 heavy (non-hydrogen) atoms. The van der Waals surface area contributed by atoms with Crippen LogP contribution < -0.4 is 18.9 Å². The van der Waals surface area contributed by atoms with Gasteiger partial charge in [0.05, 0.1) is 28.4 Å². The van der Waals surface area contributed by atoms with Crippen molar-refractivity contribution in [2.75, 3.05) is 41.5 Å². The second-order valence-electron chi connectivity index (χ2n) is 7.69. The average Bonchev–Trinajstić information content (AvgIpc) is 2.82. The van der Waals surface area contributed by atoms with Crippen molar-refractivity contribution in [1.29, 1.82) is 0 Å². The van der Waals surface area contributed by atoms with Crippen molar-refractivity contribution in [3.8, 4) is 23.0 Å². The van der Waals surface area contributed by atoms with Crippen LogP contribution in [0.4, 0.5) is 0 Å². The highest BCUT2D eigenvalue weighted by molar-refractivity contribution is 6.01. The predicted octanol–water partition coefficient (Wildman–Crippen LogP) is 3.10. The Morgan fingerprint density at radius 2 is 0.938 bits per heavy atom. The summed E-state index contributed by atoms with van der Waals surface area (Å²) >= 11 is 0. The zero-order valence-corrected chi connectivity index (χ0v) is 19.4. The summed E-state index contributed by atoms with van der Waals surface area (Å²) in [7, 11) is 6.09. The molecule has 0 saturated carbocycles. The van der Waals surface area contributed by atoms with E-state index in [9.17, 15) is 9.59 Å². The predicted molar refractivity (Wildman–Crippen MR) is 120 cm³/mol. The number of rotatable bonds is 6. The van der Waals surface area contributed by atoms with E-state index in [1.54, 1.807) is 46.2 Å². The second-order valence-corrected chi connectivity index (χ2v) is 7.69. The van der Waals surface area contributed by atoms with Crippen LogP contribution >= 0.6 is 0 Å². The second kappa shape index (κ2) is 9.80. The number of hydrogen-bond donors (Lipinski definition) is 0. The van der Waals surface area contributed by atoms with Crippen LogP contribution in [-0.4, -0.2) is 75.2 Å². The molecule has 1 aliphatic heterocycles. The fraction of sp³-hybridized carbons (Fsp3) is 0.417. The van der Waals surface area contributed by atoms with E-state index >= 15 is 0 Å². The number of ether oxygens (including phenoxy) is 4. The number of amides is 2. The van der Waals surface area contributed by atoms with Crippen LogP contribution in [0.15, 0.2) is 36.4 Å². The molecule has 2 aromatic rings. The number of hydrogen-bond acceptors (Lipinski definition) is 6. The number of benzene rings is 2. The maximum Gasteiger partial charge on any atom is 0.261 e. The fourth-order valence-corrected chi connectivity index (χ4v) is 4.10. The highest BCUT2D eigenvalue weighted by atomic mass is 16.5. The normalized spacial score (nSPS) is 18.2. The van der Waals surface area contributed by atoms with Crippen molar-refractivity contribution >= 4 is 11.8 Å². The smallest absolute Gasteiger partial charge is 0.261 e. The van der Waals surface area contributed by atoms with E-state index < -0.39 is 0 Å². The maximum absolute atomic E-state index is 13.5. The summed E-state index contributed by atoms with van der Waals surface area (Å²) in [6, 6.07) is 10.0. The third kappa shape index (κ3) is 4.17. The zero-order valence-electron chi connectivity index (χ0n) is 19.4. The van der Waals surface area contributed by atoms with E-state index in [4.69, 9.17) is 18.9 Å². The van der Waals surface area contributed by atoms with Crippen molar-refractivity contribution in [2.24, 2.45) is 0 Å². The molecule has 8 nitrogen and oxygen atoms in total. The monoisotopic (exact) mass is 442 g/mol. The molecule has 2 amide bonds. The standard InChI is InChI=1S/C24H30N2O6/c1-15-13-26(24(28)22-19(31-5)11-8-12-20(22)32-6)16(2)14-25(15)23(27)21-17(29-3)9-7-10-18(21)30-4/h7-12,15-16H,13-14H2,1-6H3. The molecular weight excluding hydrogens is 412 g/mol. The summed E-state index contributed by atoms with van der Waals surface area (Å²) < 4.78 is 21.6. The number of carbonyl (C=O) groups is 2. The first-order valence-electron chi connectivity index (χ1n) is 10.4. The van der Waals surface area contributed by atoms with Crippen molar-refractivity contribution in [3.05, 3.63) is 47.5 Å².